The number of anilines is 1. The molecule has 0 saturated heterocycles. The molecule has 4 rings (SSSR count). The van der Waals surface area contributed by atoms with Gasteiger partial charge in [0.25, 0.3) is 5.91 Å². The summed E-state index contributed by atoms with van der Waals surface area (Å²) in [5.74, 6) is 0.522. The molecule has 9 nitrogen and oxygen atoms in total. The van der Waals surface area contributed by atoms with E-state index in [1.165, 1.54) is 6.26 Å². The molecule has 3 aromatic heterocycles. The lowest BCUT2D eigenvalue weighted by molar-refractivity contribution is -0.119. The van der Waals surface area contributed by atoms with Crippen LogP contribution < -0.4 is 10.6 Å². The molecule has 1 atom stereocenters. The van der Waals surface area contributed by atoms with E-state index >= 15 is 0 Å². The van der Waals surface area contributed by atoms with Crippen LogP contribution >= 0.6 is 0 Å². The highest BCUT2D eigenvalue weighted by Crippen LogP contribution is 2.31. The minimum absolute atomic E-state index is 0.0569. The molecule has 9 heteroatoms. The highest BCUT2D eigenvalue weighted by molar-refractivity contribution is 6.01. The summed E-state index contributed by atoms with van der Waals surface area (Å²) in [6.07, 6.45) is 9.29. The molecule has 3 heterocycles. The minimum atomic E-state index is -0.666. The molecule has 2 amide bonds. The van der Waals surface area contributed by atoms with Crippen LogP contribution in [0.1, 0.15) is 61.1 Å². The van der Waals surface area contributed by atoms with Crippen molar-refractivity contribution in [3.05, 3.63) is 47.6 Å². The molecule has 0 aromatic carbocycles. The normalized spacial score (nSPS) is 18.9. The van der Waals surface area contributed by atoms with E-state index in [0.717, 1.165) is 42.5 Å². The second-order valence-corrected chi connectivity index (χ2v) is 9.22. The molecule has 2 N–H and O–H groups in total. The van der Waals surface area contributed by atoms with Gasteiger partial charge in [-0.1, -0.05) is 31.8 Å². The van der Waals surface area contributed by atoms with Crippen molar-refractivity contribution in [1.29, 1.82) is 0 Å². The van der Waals surface area contributed by atoms with E-state index in [4.69, 9.17) is 4.52 Å². The number of carbonyl (C=O) groups is 2. The van der Waals surface area contributed by atoms with Crippen molar-refractivity contribution in [2.24, 2.45) is 18.9 Å². The maximum absolute atomic E-state index is 13.4. The zero-order chi connectivity index (χ0) is 24.2. The summed E-state index contributed by atoms with van der Waals surface area (Å²) >= 11 is 0. The predicted molar refractivity (Wildman–Crippen MR) is 128 cm³/mol. The third-order valence-corrected chi connectivity index (χ3v) is 6.73. The number of aromatic nitrogens is 4. The fraction of sp³-hybridized carbons (Fsp3) is 0.480. The summed E-state index contributed by atoms with van der Waals surface area (Å²) in [7, 11) is 1.88. The van der Waals surface area contributed by atoms with Crippen LogP contribution in [0, 0.1) is 18.8 Å². The smallest absolute Gasteiger partial charge is 0.257 e. The summed E-state index contributed by atoms with van der Waals surface area (Å²) in [4.78, 5) is 30.8. The van der Waals surface area contributed by atoms with Crippen LogP contribution in [0.15, 0.2) is 35.3 Å². The number of carbonyl (C=O) groups excluding carboxylic acids is 2. The molecule has 1 saturated carbocycles. The monoisotopic (exact) mass is 464 g/mol. The highest BCUT2D eigenvalue weighted by Gasteiger charge is 2.33. The van der Waals surface area contributed by atoms with Crippen molar-refractivity contribution in [3.8, 4) is 11.3 Å². The number of aryl methyl sites for hydroxylation is 3. The zero-order valence-corrected chi connectivity index (χ0v) is 20.2. The molecular weight excluding hydrogens is 432 g/mol. The third-order valence-electron chi connectivity index (χ3n) is 6.73. The Labute approximate surface area is 199 Å². The van der Waals surface area contributed by atoms with Crippen LogP contribution in [0.2, 0.25) is 0 Å². The molecule has 0 bridgehead atoms. The second kappa shape index (κ2) is 10.2. The summed E-state index contributed by atoms with van der Waals surface area (Å²) in [6, 6.07) is 3.02. The Morgan fingerprint density at radius 2 is 1.97 bits per heavy atom. The molecule has 0 spiro atoms. The van der Waals surface area contributed by atoms with Crippen LogP contribution in [-0.2, 0) is 18.3 Å². The minimum Gasteiger partial charge on any atom is -0.364 e. The molecule has 34 heavy (non-hydrogen) atoms. The van der Waals surface area contributed by atoms with Crippen molar-refractivity contribution in [2.45, 2.75) is 58.9 Å². The molecule has 1 aliphatic rings. The molecule has 0 unspecified atom stereocenters. The summed E-state index contributed by atoms with van der Waals surface area (Å²) in [6.45, 7) is 6.13. The zero-order valence-electron chi connectivity index (χ0n) is 20.2. The largest absolute Gasteiger partial charge is 0.364 e. The van der Waals surface area contributed by atoms with Crippen LogP contribution in [0.5, 0.6) is 0 Å². The summed E-state index contributed by atoms with van der Waals surface area (Å²) in [5.41, 5.74) is 3.90. The number of nitrogens with zero attached hydrogens (tertiary/aromatic N) is 4. The molecule has 1 fully saturated rings. The van der Waals surface area contributed by atoms with Crippen LogP contribution in [0.25, 0.3) is 11.3 Å². The standard InChI is InChI=1S/C25H32N6O3/c1-5-20-19(14-34-30-20)24(32)29-22(17-8-6-15(2)7-9-17)25(33)28-21-11-10-18(13-26-21)23-16(3)12-27-31(23)4/h10-15,17,22H,5-9H2,1-4H3,(H,29,32)(H,26,28,33)/t15-,17-,22-/m0/s1. The number of hydrogen-bond acceptors (Lipinski definition) is 6. The van der Waals surface area contributed by atoms with Gasteiger partial charge in [-0.2, -0.15) is 5.10 Å². The molecular formula is C25H32N6O3. The predicted octanol–water partition coefficient (Wildman–Crippen LogP) is 3.90. The van der Waals surface area contributed by atoms with Gasteiger partial charge in [-0.3, -0.25) is 14.3 Å². The van der Waals surface area contributed by atoms with Crippen molar-refractivity contribution in [1.82, 2.24) is 25.2 Å². The van der Waals surface area contributed by atoms with E-state index in [2.05, 4.69) is 32.8 Å². The third kappa shape index (κ3) is 5.03. The molecule has 1 aliphatic carbocycles. The van der Waals surface area contributed by atoms with E-state index in [0.29, 0.717) is 29.4 Å². The van der Waals surface area contributed by atoms with E-state index in [9.17, 15) is 9.59 Å². The maximum atomic E-state index is 13.4. The van der Waals surface area contributed by atoms with Gasteiger partial charge in [0.05, 0.1) is 17.6 Å². The lowest BCUT2D eigenvalue weighted by Gasteiger charge is -2.32. The average Bonchev–Trinajstić information content (AvgIpc) is 3.45. The fourth-order valence-corrected chi connectivity index (χ4v) is 4.71. The molecule has 180 valence electrons. The van der Waals surface area contributed by atoms with Crippen molar-refractivity contribution in [3.63, 3.8) is 0 Å². The Bertz CT molecular complexity index is 1120. The Morgan fingerprint density at radius 3 is 2.59 bits per heavy atom. The van der Waals surface area contributed by atoms with Gasteiger partial charge in [0, 0.05) is 18.8 Å². The van der Waals surface area contributed by atoms with Gasteiger partial charge in [0.15, 0.2) is 0 Å². The average molecular weight is 465 g/mol. The Balaban J connectivity index is 1.51. The van der Waals surface area contributed by atoms with E-state index in [-0.39, 0.29) is 17.7 Å². The highest BCUT2D eigenvalue weighted by atomic mass is 16.5. The first kappa shape index (κ1) is 23.7. The van der Waals surface area contributed by atoms with Crippen molar-refractivity contribution < 1.29 is 14.1 Å². The van der Waals surface area contributed by atoms with Gasteiger partial charge in [0.1, 0.15) is 23.7 Å². The number of pyridine rings is 1. The topological polar surface area (TPSA) is 115 Å². The Kier molecular flexibility index (Phi) is 7.09. The first-order valence-corrected chi connectivity index (χ1v) is 11.9. The van der Waals surface area contributed by atoms with Gasteiger partial charge < -0.3 is 15.2 Å². The number of amides is 2. The van der Waals surface area contributed by atoms with Crippen LogP contribution in [-0.4, -0.2) is 37.8 Å². The van der Waals surface area contributed by atoms with Crippen molar-refractivity contribution >= 4 is 17.6 Å². The van der Waals surface area contributed by atoms with E-state index < -0.39 is 6.04 Å². The van der Waals surface area contributed by atoms with E-state index in [1.54, 1.807) is 16.9 Å². The van der Waals surface area contributed by atoms with Crippen LogP contribution in [0.3, 0.4) is 0 Å². The first-order valence-electron chi connectivity index (χ1n) is 11.9. The van der Waals surface area contributed by atoms with Gasteiger partial charge in [-0.05, 0) is 55.7 Å². The maximum Gasteiger partial charge on any atom is 0.257 e. The summed E-state index contributed by atoms with van der Waals surface area (Å²) < 4.78 is 6.79. The Morgan fingerprint density at radius 1 is 1.21 bits per heavy atom. The van der Waals surface area contributed by atoms with Crippen molar-refractivity contribution in [2.75, 3.05) is 5.32 Å². The van der Waals surface area contributed by atoms with Gasteiger partial charge in [0.2, 0.25) is 5.91 Å². The van der Waals surface area contributed by atoms with Gasteiger partial charge >= 0.3 is 0 Å². The second-order valence-electron chi connectivity index (χ2n) is 9.22. The van der Waals surface area contributed by atoms with Gasteiger partial charge in [-0.25, -0.2) is 4.98 Å². The number of rotatable bonds is 7. The lowest BCUT2D eigenvalue weighted by atomic mass is 9.79. The van der Waals surface area contributed by atoms with E-state index in [1.807, 2.05) is 33.2 Å². The molecule has 0 radical (unpaired) electrons. The first-order chi connectivity index (χ1) is 16.4. The van der Waals surface area contributed by atoms with Crippen LogP contribution in [0.4, 0.5) is 5.82 Å². The number of nitrogens with one attached hydrogen (secondary N) is 2. The molecule has 3 aromatic rings. The SMILES string of the molecule is CCc1nocc1C(=O)N[C@H](C(=O)Nc1ccc(-c2c(C)cnn2C)cn1)[C@H]1CC[C@H](C)CC1. The molecule has 0 aliphatic heterocycles. The number of hydrogen-bond donors (Lipinski definition) is 2. The van der Waals surface area contributed by atoms with Gasteiger partial charge in [-0.15, -0.1) is 0 Å². The quantitative estimate of drug-likeness (QED) is 0.548. The lowest BCUT2D eigenvalue weighted by Crippen LogP contribution is -2.49. The fourth-order valence-electron chi connectivity index (χ4n) is 4.71. The Hall–Kier alpha value is -3.49. The summed E-state index contributed by atoms with van der Waals surface area (Å²) in [5, 5.41) is 14.0.